The number of nitrogens with one attached hydrogen (secondary N) is 1. The van der Waals surface area contributed by atoms with Crippen molar-refractivity contribution in [3.63, 3.8) is 0 Å². The van der Waals surface area contributed by atoms with Gasteiger partial charge in [0.1, 0.15) is 11.6 Å². The number of benzene rings is 2. The predicted octanol–water partition coefficient (Wildman–Crippen LogP) is 4.74. The largest absolute Gasteiger partial charge is 0.573 e. The van der Waals surface area contributed by atoms with Crippen LogP contribution in [-0.4, -0.2) is 37.4 Å². The van der Waals surface area contributed by atoms with E-state index in [0.29, 0.717) is 37.8 Å². The number of alkyl halides is 6. The van der Waals surface area contributed by atoms with Crippen LogP contribution in [0.3, 0.4) is 0 Å². The van der Waals surface area contributed by atoms with Gasteiger partial charge < -0.3 is 10.1 Å². The molecule has 3 rings (SSSR count). The second-order valence-corrected chi connectivity index (χ2v) is 6.51. The maximum absolute atomic E-state index is 14.8. The van der Waals surface area contributed by atoms with Gasteiger partial charge in [-0.1, -0.05) is 24.3 Å². The molecule has 3 nitrogen and oxygen atoms in total. The SMILES string of the molecule is Fc1c([C@H](c2ccc(OC(F)(F)F)cc2)N2CCNCC2)cccc1C(F)(F)F. The molecule has 158 valence electrons. The molecule has 1 aliphatic rings. The average Bonchev–Trinajstić information content (AvgIpc) is 2.63. The lowest BCUT2D eigenvalue weighted by atomic mass is 9.94. The van der Waals surface area contributed by atoms with Crippen LogP contribution < -0.4 is 10.1 Å². The van der Waals surface area contributed by atoms with E-state index in [4.69, 9.17) is 0 Å². The first kappa shape index (κ1) is 21.4. The number of piperazine rings is 1. The van der Waals surface area contributed by atoms with Gasteiger partial charge in [-0.2, -0.15) is 13.2 Å². The molecule has 0 aromatic heterocycles. The Labute approximate surface area is 162 Å². The van der Waals surface area contributed by atoms with E-state index in [1.807, 2.05) is 0 Å². The van der Waals surface area contributed by atoms with Gasteiger partial charge in [0.2, 0.25) is 0 Å². The van der Waals surface area contributed by atoms with E-state index in [0.717, 1.165) is 18.2 Å². The molecule has 1 N–H and O–H groups in total. The molecular weight excluding hydrogens is 405 g/mol. The first-order chi connectivity index (χ1) is 13.6. The zero-order valence-electron chi connectivity index (χ0n) is 14.9. The van der Waals surface area contributed by atoms with Gasteiger partial charge in [0.05, 0.1) is 11.6 Å². The van der Waals surface area contributed by atoms with Gasteiger partial charge in [-0.05, 0) is 23.8 Å². The van der Waals surface area contributed by atoms with Gasteiger partial charge in [-0.3, -0.25) is 4.90 Å². The predicted molar refractivity (Wildman–Crippen MR) is 90.8 cm³/mol. The summed E-state index contributed by atoms with van der Waals surface area (Å²) in [5, 5.41) is 3.10. The fraction of sp³-hybridized carbons (Fsp3) is 0.368. The lowest BCUT2D eigenvalue weighted by Gasteiger charge is -2.36. The zero-order valence-corrected chi connectivity index (χ0v) is 14.9. The minimum absolute atomic E-state index is 0.189. The first-order valence-corrected chi connectivity index (χ1v) is 8.72. The van der Waals surface area contributed by atoms with Crippen LogP contribution in [0.2, 0.25) is 0 Å². The molecule has 1 aliphatic heterocycles. The van der Waals surface area contributed by atoms with E-state index in [1.54, 1.807) is 4.90 Å². The quantitative estimate of drug-likeness (QED) is 0.721. The molecule has 2 aromatic rings. The summed E-state index contributed by atoms with van der Waals surface area (Å²) in [6, 6.07) is 6.87. The maximum Gasteiger partial charge on any atom is 0.573 e. The minimum Gasteiger partial charge on any atom is -0.406 e. The third kappa shape index (κ3) is 5.18. The lowest BCUT2D eigenvalue weighted by molar-refractivity contribution is -0.274. The molecule has 0 bridgehead atoms. The highest BCUT2D eigenvalue weighted by Crippen LogP contribution is 2.38. The molecule has 0 unspecified atom stereocenters. The number of halogens is 7. The monoisotopic (exact) mass is 422 g/mol. The standard InChI is InChI=1S/C19H17F7N2O/c20-16-14(2-1-3-15(16)18(21,22)23)17(28-10-8-27-9-11-28)12-4-6-13(7-5-12)29-19(24,25)26/h1-7,17,27H,8-11H2/t17-/m0/s1. The minimum atomic E-state index is -4.87. The number of hydrogen-bond acceptors (Lipinski definition) is 3. The van der Waals surface area contributed by atoms with Crippen molar-refractivity contribution in [2.45, 2.75) is 18.6 Å². The van der Waals surface area contributed by atoms with Crippen LogP contribution in [0, 0.1) is 5.82 Å². The summed E-state index contributed by atoms with van der Waals surface area (Å²) in [6.45, 7) is 1.96. The Balaban J connectivity index is 2.03. The zero-order chi connectivity index (χ0) is 21.2. The molecule has 0 spiro atoms. The van der Waals surface area contributed by atoms with E-state index >= 15 is 0 Å². The highest BCUT2D eigenvalue weighted by atomic mass is 19.4. The molecule has 1 atom stereocenters. The van der Waals surface area contributed by atoms with Gasteiger partial charge >= 0.3 is 12.5 Å². The van der Waals surface area contributed by atoms with Gasteiger partial charge in [0, 0.05) is 31.7 Å². The molecule has 0 amide bonds. The van der Waals surface area contributed by atoms with Crippen molar-refractivity contribution in [3.8, 4) is 5.75 Å². The molecule has 1 heterocycles. The Bertz CT molecular complexity index is 828. The Hall–Kier alpha value is -2.33. The average molecular weight is 422 g/mol. The Morgan fingerprint density at radius 3 is 2.07 bits per heavy atom. The number of nitrogens with zero attached hydrogens (tertiary/aromatic N) is 1. The van der Waals surface area contributed by atoms with E-state index < -0.39 is 35.7 Å². The fourth-order valence-electron chi connectivity index (χ4n) is 3.36. The Morgan fingerprint density at radius 2 is 1.52 bits per heavy atom. The smallest absolute Gasteiger partial charge is 0.406 e. The summed E-state index contributed by atoms with van der Waals surface area (Å²) >= 11 is 0. The van der Waals surface area contributed by atoms with Crippen molar-refractivity contribution in [1.82, 2.24) is 10.2 Å². The highest BCUT2D eigenvalue weighted by molar-refractivity contribution is 5.39. The summed E-state index contributed by atoms with van der Waals surface area (Å²) in [6.07, 6.45) is -9.73. The maximum atomic E-state index is 14.8. The van der Waals surface area contributed by atoms with Crippen molar-refractivity contribution >= 4 is 0 Å². The number of rotatable bonds is 4. The van der Waals surface area contributed by atoms with Crippen LogP contribution in [0.25, 0.3) is 0 Å². The van der Waals surface area contributed by atoms with Gasteiger partial charge in [-0.15, -0.1) is 13.2 Å². The topological polar surface area (TPSA) is 24.5 Å². The summed E-state index contributed by atoms with van der Waals surface area (Å²) in [5.41, 5.74) is -1.21. The van der Waals surface area contributed by atoms with Crippen molar-refractivity contribution in [2.24, 2.45) is 0 Å². The van der Waals surface area contributed by atoms with Gasteiger partial charge in [-0.25, -0.2) is 4.39 Å². The molecule has 1 fully saturated rings. The van der Waals surface area contributed by atoms with Crippen LogP contribution in [0.4, 0.5) is 30.7 Å². The second-order valence-electron chi connectivity index (χ2n) is 6.51. The summed E-state index contributed by atoms with van der Waals surface area (Å²) < 4.78 is 95.3. The fourth-order valence-corrected chi connectivity index (χ4v) is 3.36. The molecule has 1 saturated heterocycles. The Morgan fingerprint density at radius 1 is 0.897 bits per heavy atom. The van der Waals surface area contributed by atoms with Crippen LogP contribution in [0.5, 0.6) is 5.75 Å². The summed E-state index contributed by atoms with van der Waals surface area (Å²) in [5.74, 6) is -1.86. The van der Waals surface area contributed by atoms with Gasteiger partial charge in [0.25, 0.3) is 0 Å². The van der Waals surface area contributed by atoms with Crippen molar-refractivity contribution < 1.29 is 35.5 Å². The second kappa shape index (κ2) is 8.19. The normalized spacial score (nSPS) is 17.2. The van der Waals surface area contributed by atoms with Crippen LogP contribution in [-0.2, 0) is 6.18 Å². The molecular formula is C19H17F7N2O. The van der Waals surface area contributed by atoms with E-state index in [-0.39, 0.29) is 5.56 Å². The van der Waals surface area contributed by atoms with E-state index in [1.165, 1.54) is 18.2 Å². The van der Waals surface area contributed by atoms with Gasteiger partial charge in [0.15, 0.2) is 0 Å². The van der Waals surface area contributed by atoms with Crippen LogP contribution in [0.1, 0.15) is 22.7 Å². The molecule has 0 radical (unpaired) electrons. The lowest BCUT2D eigenvalue weighted by Crippen LogP contribution is -2.45. The molecule has 2 aromatic carbocycles. The highest BCUT2D eigenvalue weighted by Gasteiger charge is 2.37. The van der Waals surface area contributed by atoms with E-state index in [9.17, 15) is 30.7 Å². The third-order valence-electron chi connectivity index (χ3n) is 4.57. The van der Waals surface area contributed by atoms with Crippen LogP contribution in [0.15, 0.2) is 42.5 Å². The number of hydrogen-bond donors (Lipinski definition) is 1. The molecule has 0 saturated carbocycles. The summed E-state index contributed by atoms with van der Waals surface area (Å²) in [4.78, 5) is 1.79. The summed E-state index contributed by atoms with van der Waals surface area (Å²) in [7, 11) is 0. The third-order valence-corrected chi connectivity index (χ3v) is 4.57. The van der Waals surface area contributed by atoms with Crippen molar-refractivity contribution in [1.29, 1.82) is 0 Å². The molecule has 29 heavy (non-hydrogen) atoms. The number of ether oxygens (including phenoxy) is 1. The van der Waals surface area contributed by atoms with Crippen molar-refractivity contribution in [2.75, 3.05) is 26.2 Å². The first-order valence-electron chi connectivity index (χ1n) is 8.72. The molecule has 10 heteroatoms. The Kier molecular flexibility index (Phi) is 6.04. The van der Waals surface area contributed by atoms with Crippen LogP contribution >= 0.6 is 0 Å². The molecule has 0 aliphatic carbocycles. The van der Waals surface area contributed by atoms with Crippen molar-refractivity contribution in [3.05, 3.63) is 65.0 Å². The van der Waals surface area contributed by atoms with E-state index in [2.05, 4.69) is 10.1 Å².